The number of anilines is 1. The number of nitrogen functional groups attached to an aromatic ring is 1. The van der Waals surface area contributed by atoms with E-state index >= 15 is 0 Å². The summed E-state index contributed by atoms with van der Waals surface area (Å²) >= 11 is 0. The zero-order chi connectivity index (χ0) is 19.1. The van der Waals surface area contributed by atoms with E-state index in [0.29, 0.717) is 11.4 Å². The van der Waals surface area contributed by atoms with Crippen molar-refractivity contribution in [1.29, 1.82) is 0 Å². The lowest BCUT2D eigenvalue weighted by Crippen LogP contribution is -1.93. The topological polar surface area (TPSA) is 51.0 Å². The molecule has 0 amide bonds. The minimum Gasteiger partial charge on any atom is -0.497 e. The lowest BCUT2D eigenvalue weighted by Gasteiger charge is -2.07. The molecule has 0 saturated carbocycles. The molecule has 0 radical (unpaired) electrons. The van der Waals surface area contributed by atoms with Crippen LogP contribution in [0, 0.1) is 18.6 Å². The molecule has 0 unspecified atom stereocenters. The van der Waals surface area contributed by atoms with Gasteiger partial charge < -0.3 is 15.5 Å². The summed E-state index contributed by atoms with van der Waals surface area (Å²) < 4.78 is 33.7. The predicted molar refractivity (Wildman–Crippen MR) is 105 cm³/mol. The molecule has 0 bridgehead atoms. The smallest absolute Gasteiger partial charge is 0.139 e. The Bertz CT molecular complexity index is 1140. The first-order valence-corrected chi connectivity index (χ1v) is 8.49. The van der Waals surface area contributed by atoms with E-state index in [-0.39, 0.29) is 11.3 Å². The monoisotopic (exact) mass is 364 g/mol. The van der Waals surface area contributed by atoms with Gasteiger partial charge in [0, 0.05) is 28.7 Å². The average Bonchev–Trinajstić information content (AvgIpc) is 3.03. The second-order valence-electron chi connectivity index (χ2n) is 6.53. The number of nitrogens with one attached hydrogen (secondary N) is 1. The summed E-state index contributed by atoms with van der Waals surface area (Å²) in [5.41, 5.74) is 10.8. The highest BCUT2D eigenvalue weighted by Crippen LogP contribution is 2.33. The number of methoxy groups -OCH3 is 1. The molecule has 1 heterocycles. The molecule has 0 aliphatic rings. The molecule has 0 aliphatic heterocycles. The van der Waals surface area contributed by atoms with E-state index in [2.05, 4.69) is 4.98 Å². The van der Waals surface area contributed by atoms with Crippen LogP contribution in [0.3, 0.4) is 0 Å². The molecule has 136 valence electrons. The maximum atomic E-state index is 14.4. The average molecular weight is 364 g/mol. The molecule has 0 fully saturated rings. The van der Waals surface area contributed by atoms with Crippen LogP contribution in [0.25, 0.3) is 33.3 Å². The van der Waals surface area contributed by atoms with Crippen molar-refractivity contribution in [1.82, 2.24) is 4.98 Å². The number of halogens is 2. The van der Waals surface area contributed by atoms with Crippen LogP contribution in [0.4, 0.5) is 14.5 Å². The third kappa shape index (κ3) is 3.01. The second-order valence-corrected chi connectivity index (χ2v) is 6.53. The van der Waals surface area contributed by atoms with Crippen molar-refractivity contribution >= 4 is 16.6 Å². The SMILES string of the molecule is COc1cc(F)c(-c2cc3cc(-c4ccc(N)cc4C)ccc3[nH]2)c(F)c1. The number of fused-ring (bicyclic) bond motifs is 1. The van der Waals surface area contributed by atoms with Crippen LogP contribution in [-0.2, 0) is 0 Å². The maximum absolute atomic E-state index is 14.4. The zero-order valence-corrected chi connectivity index (χ0v) is 14.9. The minimum absolute atomic E-state index is 0.0998. The Balaban J connectivity index is 1.82. The number of aromatic nitrogens is 1. The van der Waals surface area contributed by atoms with E-state index in [9.17, 15) is 8.78 Å². The summed E-state index contributed by atoms with van der Waals surface area (Å²) in [6.07, 6.45) is 0. The van der Waals surface area contributed by atoms with Gasteiger partial charge in [0.25, 0.3) is 0 Å². The summed E-state index contributed by atoms with van der Waals surface area (Å²) in [6, 6.07) is 15.7. The number of hydrogen-bond donors (Lipinski definition) is 2. The molecule has 0 atom stereocenters. The highest BCUT2D eigenvalue weighted by molar-refractivity contribution is 5.90. The number of ether oxygens (including phenoxy) is 1. The molecule has 27 heavy (non-hydrogen) atoms. The normalized spacial score (nSPS) is 11.1. The van der Waals surface area contributed by atoms with Crippen molar-refractivity contribution in [2.24, 2.45) is 0 Å². The number of aryl methyl sites for hydroxylation is 1. The van der Waals surface area contributed by atoms with Crippen molar-refractivity contribution in [3.8, 4) is 28.1 Å². The lowest BCUT2D eigenvalue weighted by molar-refractivity contribution is 0.407. The van der Waals surface area contributed by atoms with Gasteiger partial charge >= 0.3 is 0 Å². The molecule has 3 N–H and O–H groups in total. The molecular formula is C22H18F2N2O. The fraction of sp³-hybridized carbons (Fsp3) is 0.0909. The lowest BCUT2D eigenvalue weighted by atomic mass is 9.99. The maximum Gasteiger partial charge on any atom is 0.139 e. The van der Waals surface area contributed by atoms with Crippen molar-refractivity contribution in [3.05, 3.63) is 71.8 Å². The van der Waals surface area contributed by atoms with Gasteiger partial charge in [0.1, 0.15) is 17.4 Å². The van der Waals surface area contributed by atoms with Gasteiger partial charge in [-0.1, -0.05) is 12.1 Å². The van der Waals surface area contributed by atoms with Gasteiger partial charge in [-0.2, -0.15) is 0 Å². The highest BCUT2D eigenvalue weighted by Gasteiger charge is 2.16. The summed E-state index contributed by atoms with van der Waals surface area (Å²) in [4.78, 5) is 3.09. The third-order valence-electron chi connectivity index (χ3n) is 4.70. The first-order valence-electron chi connectivity index (χ1n) is 8.49. The standard InChI is InChI=1S/C22H18F2N2O/c1-12-7-15(25)4-5-17(12)13-3-6-20-14(8-13)9-21(26-20)22-18(23)10-16(27-2)11-19(22)24/h3-11,26H,25H2,1-2H3. The van der Waals surface area contributed by atoms with Crippen LogP contribution in [0.2, 0.25) is 0 Å². The molecule has 4 aromatic rings. The molecule has 4 rings (SSSR count). The fourth-order valence-corrected chi connectivity index (χ4v) is 3.37. The van der Waals surface area contributed by atoms with Crippen LogP contribution >= 0.6 is 0 Å². The number of nitrogens with two attached hydrogens (primary N) is 1. The van der Waals surface area contributed by atoms with Gasteiger partial charge in [-0.3, -0.25) is 0 Å². The van der Waals surface area contributed by atoms with Crippen molar-refractivity contribution in [3.63, 3.8) is 0 Å². The first-order chi connectivity index (χ1) is 13.0. The zero-order valence-electron chi connectivity index (χ0n) is 14.9. The van der Waals surface area contributed by atoms with Gasteiger partial charge in [0.05, 0.1) is 18.4 Å². The quantitative estimate of drug-likeness (QED) is 0.460. The predicted octanol–water partition coefficient (Wildman–Crippen LogP) is 5.68. The van der Waals surface area contributed by atoms with Crippen LogP contribution in [0.5, 0.6) is 5.75 Å². The molecule has 3 nitrogen and oxygen atoms in total. The van der Waals surface area contributed by atoms with E-state index in [0.717, 1.165) is 27.6 Å². The Kier molecular flexibility index (Phi) is 4.07. The largest absolute Gasteiger partial charge is 0.497 e. The number of H-pyrrole nitrogens is 1. The van der Waals surface area contributed by atoms with Gasteiger partial charge in [-0.25, -0.2) is 8.78 Å². The summed E-state index contributed by atoms with van der Waals surface area (Å²) in [5, 5.41) is 0.869. The Labute approximate surface area is 155 Å². The van der Waals surface area contributed by atoms with Crippen molar-refractivity contribution in [2.45, 2.75) is 6.92 Å². The van der Waals surface area contributed by atoms with Crippen LogP contribution in [0.1, 0.15) is 5.56 Å². The van der Waals surface area contributed by atoms with Crippen LogP contribution in [0.15, 0.2) is 54.6 Å². The summed E-state index contributed by atoms with van der Waals surface area (Å²) in [5.74, 6) is -1.20. The molecule has 0 aliphatic carbocycles. The summed E-state index contributed by atoms with van der Waals surface area (Å²) in [6.45, 7) is 2.00. The summed E-state index contributed by atoms with van der Waals surface area (Å²) in [7, 11) is 1.37. The Morgan fingerprint density at radius 2 is 1.67 bits per heavy atom. The first kappa shape index (κ1) is 17.1. The number of aromatic amines is 1. The van der Waals surface area contributed by atoms with E-state index < -0.39 is 11.6 Å². The van der Waals surface area contributed by atoms with Crippen molar-refractivity contribution < 1.29 is 13.5 Å². The Hall–Kier alpha value is -3.34. The van der Waals surface area contributed by atoms with Gasteiger partial charge in [0.15, 0.2) is 0 Å². The van der Waals surface area contributed by atoms with E-state index in [1.807, 2.05) is 43.3 Å². The van der Waals surface area contributed by atoms with Gasteiger partial charge in [-0.15, -0.1) is 0 Å². The van der Waals surface area contributed by atoms with E-state index in [4.69, 9.17) is 10.5 Å². The highest BCUT2D eigenvalue weighted by atomic mass is 19.1. The molecule has 1 aromatic heterocycles. The van der Waals surface area contributed by atoms with Crippen LogP contribution in [-0.4, -0.2) is 12.1 Å². The minimum atomic E-state index is -0.673. The van der Waals surface area contributed by atoms with Gasteiger partial charge in [-0.05, 0) is 53.9 Å². The molecule has 5 heteroatoms. The Morgan fingerprint density at radius 1 is 0.926 bits per heavy atom. The van der Waals surface area contributed by atoms with Gasteiger partial charge in [0.2, 0.25) is 0 Å². The van der Waals surface area contributed by atoms with Crippen molar-refractivity contribution in [2.75, 3.05) is 12.8 Å². The molecular weight excluding hydrogens is 346 g/mol. The Morgan fingerprint density at radius 3 is 2.33 bits per heavy atom. The van der Waals surface area contributed by atoms with E-state index in [1.165, 1.54) is 19.2 Å². The molecule has 0 spiro atoms. The number of rotatable bonds is 3. The fourth-order valence-electron chi connectivity index (χ4n) is 3.37. The third-order valence-corrected chi connectivity index (χ3v) is 4.70. The number of benzene rings is 3. The second kappa shape index (κ2) is 6.43. The molecule has 3 aromatic carbocycles. The number of hydrogen-bond acceptors (Lipinski definition) is 2. The van der Waals surface area contributed by atoms with Crippen LogP contribution < -0.4 is 10.5 Å². The molecule has 0 saturated heterocycles. The van der Waals surface area contributed by atoms with E-state index in [1.54, 1.807) is 6.07 Å².